The van der Waals surface area contributed by atoms with Gasteiger partial charge in [-0.3, -0.25) is 9.59 Å². The lowest BCUT2D eigenvalue weighted by atomic mass is 10.2. The fourth-order valence-electron chi connectivity index (χ4n) is 3.63. The molecule has 0 spiro atoms. The first-order chi connectivity index (χ1) is 15.1. The second kappa shape index (κ2) is 8.99. The van der Waals surface area contributed by atoms with Crippen molar-refractivity contribution in [3.63, 3.8) is 0 Å². The van der Waals surface area contributed by atoms with E-state index in [2.05, 4.69) is 5.32 Å². The van der Waals surface area contributed by atoms with Crippen molar-refractivity contribution < 1.29 is 28.5 Å². The summed E-state index contributed by atoms with van der Waals surface area (Å²) in [4.78, 5) is 26.5. The highest BCUT2D eigenvalue weighted by atomic mass is 16.6. The third-order valence-electron chi connectivity index (χ3n) is 5.14. The van der Waals surface area contributed by atoms with Crippen molar-refractivity contribution in [2.24, 2.45) is 0 Å². The number of rotatable bonds is 6. The molecule has 31 heavy (non-hydrogen) atoms. The van der Waals surface area contributed by atoms with E-state index in [9.17, 15) is 9.59 Å². The summed E-state index contributed by atoms with van der Waals surface area (Å²) in [5, 5.41) is 2.89. The number of benzene rings is 2. The zero-order valence-electron chi connectivity index (χ0n) is 17.4. The normalized spacial score (nSPS) is 17.7. The number of fused-ring (bicyclic) bond motifs is 1. The molecule has 162 valence electrons. The van der Waals surface area contributed by atoms with Gasteiger partial charge in [-0.15, -0.1) is 0 Å². The Morgan fingerprint density at radius 1 is 1.06 bits per heavy atom. The van der Waals surface area contributed by atoms with Crippen LogP contribution in [0, 0.1) is 0 Å². The number of carbonyl (C=O) groups excluding carboxylic acids is 2. The third-order valence-corrected chi connectivity index (χ3v) is 5.14. The standard InChI is InChI=1S/C23H24N2O6/c1-28-18-6-3-15(11-20(18)29-2)4-8-22(26)24-16-12-23(27)25(14-16)17-5-7-19-21(13-17)31-10-9-30-19/h3-8,11,13,16H,9-10,12,14H2,1-2H3,(H,24,26)/b8-4-. The first-order valence-corrected chi connectivity index (χ1v) is 9.98. The Labute approximate surface area is 180 Å². The van der Waals surface area contributed by atoms with Crippen LogP contribution in [0.25, 0.3) is 6.08 Å². The van der Waals surface area contributed by atoms with Crippen molar-refractivity contribution in [1.29, 1.82) is 0 Å². The van der Waals surface area contributed by atoms with Crippen LogP contribution in [0.1, 0.15) is 12.0 Å². The molecule has 2 amide bonds. The van der Waals surface area contributed by atoms with Crippen LogP contribution >= 0.6 is 0 Å². The monoisotopic (exact) mass is 424 g/mol. The second-order valence-electron chi connectivity index (χ2n) is 7.19. The average molecular weight is 424 g/mol. The van der Waals surface area contributed by atoms with Gasteiger partial charge in [-0.2, -0.15) is 0 Å². The molecule has 0 bridgehead atoms. The van der Waals surface area contributed by atoms with E-state index >= 15 is 0 Å². The Kier molecular flexibility index (Phi) is 5.97. The number of anilines is 1. The maximum Gasteiger partial charge on any atom is 0.244 e. The van der Waals surface area contributed by atoms with Gasteiger partial charge in [0.1, 0.15) is 13.2 Å². The fraction of sp³-hybridized carbons (Fsp3) is 0.304. The van der Waals surface area contributed by atoms with Crippen LogP contribution in [-0.4, -0.2) is 51.8 Å². The van der Waals surface area contributed by atoms with Gasteiger partial charge < -0.3 is 29.2 Å². The Hall–Kier alpha value is -3.68. The van der Waals surface area contributed by atoms with Crippen LogP contribution < -0.4 is 29.2 Å². The van der Waals surface area contributed by atoms with Crippen LogP contribution in [-0.2, 0) is 9.59 Å². The van der Waals surface area contributed by atoms with Crippen LogP contribution in [0.4, 0.5) is 5.69 Å². The van der Waals surface area contributed by atoms with Gasteiger partial charge in [-0.1, -0.05) is 6.07 Å². The minimum atomic E-state index is -0.275. The summed E-state index contributed by atoms with van der Waals surface area (Å²) in [5.41, 5.74) is 1.53. The van der Waals surface area contributed by atoms with E-state index in [1.165, 1.54) is 6.08 Å². The average Bonchev–Trinajstić information content (AvgIpc) is 3.16. The highest BCUT2D eigenvalue weighted by Gasteiger charge is 2.32. The molecule has 2 aliphatic heterocycles. The molecular weight excluding hydrogens is 400 g/mol. The molecule has 1 atom stereocenters. The maximum atomic E-state index is 12.5. The Morgan fingerprint density at radius 3 is 2.61 bits per heavy atom. The van der Waals surface area contributed by atoms with Gasteiger partial charge in [-0.05, 0) is 35.9 Å². The molecule has 1 fully saturated rings. The first kappa shape index (κ1) is 20.6. The summed E-state index contributed by atoms with van der Waals surface area (Å²) in [6, 6.07) is 10.5. The van der Waals surface area contributed by atoms with Crippen molar-refractivity contribution >= 4 is 23.6 Å². The predicted molar refractivity (Wildman–Crippen MR) is 115 cm³/mol. The Bertz CT molecular complexity index is 1020. The minimum absolute atomic E-state index is 0.0501. The van der Waals surface area contributed by atoms with Crippen molar-refractivity contribution in [2.45, 2.75) is 12.5 Å². The number of ether oxygens (including phenoxy) is 4. The quantitative estimate of drug-likeness (QED) is 0.717. The topological polar surface area (TPSA) is 86.3 Å². The van der Waals surface area contributed by atoms with E-state index in [0.29, 0.717) is 42.8 Å². The van der Waals surface area contributed by atoms with Gasteiger partial charge in [0.2, 0.25) is 11.8 Å². The van der Waals surface area contributed by atoms with Crippen molar-refractivity contribution in [3.8, 4) is 23.0 Å². The van der Waals surface area contributed by atoms with Crippen molar-refractivity contribution in [2.75, 3.05) is 38.9 Å². The third kappa shape index (κ3) is 4.58. The van der Waals surface area contributed by atoms with Gasteiger partial charge in [-0.25, -0.2) is 0 Å². The van der Waals surface area contributed by atoms with E-state index in [1.54, 1.807) is 49.5 Å². The molecule has 4 rings (SSSR count). The molecule has 2 aromatic carbocycles. The van der Waals surface area contributed by atoms with Crippen LogP contribution in [0.2, 0.25) is 0 Å². The number of amides is 2. The molecule has 1 saturated heterocycles. The molecular formula is C23H24N2O6. The molecule has 8 heteroatoms. The zero-order valence-corrected chi connectivity index (χ0v) is 17.4. The lowest BCUT2D eigenvalue weighted by molar-refractivity contribution is -0.117. The lowest BCUT2D eigenvalue weighted by Crippen LogP contribution is -2.36. The smallest absolute Gasteiger partial charge is 0.244 e. The van der Waals surface area contributed by atoms with Gasteiger partial charge in [0, 0.05) is 30.8 Å². The van der Waals surface area contributed by atoms with Gasteiger partial charge in [0.05, 0.1) is 20.3 Å². The minimum Gasteiger partial charge on any atom is -0.493 e. The van der Waals surface area contributed by atoms with E-state index in [-0.39, 0.29) is 24.3 Å². The predicted octanol–water partition coefficient (Wildman–Crippen LogP) is 2.41. The van der Waals surface area contributed by atoms with Crippen molar-refractivity contribution in [3.05, 3.63) is 48.0 Å². The number of nitrogens with zero attached hydrogens (tertiary/aromatic N) is 1. The zero-order chi connectivity index (χ0) is 21.8. The molecule has 1 N–H and O–H groups in total. The number of nitrogens with one attached hydrogen (secondary N) is 1. The maximum absolute atomic E-state index is 12.5. The highest BCUT2D eigenvalue weighted by molar-refractivity contribution is 5.98. The van der Waals surface area contributed by atoms with E-state index in [4.69, 9.17) is 18.9 Å². The Morgan fingerprint density at radius 2 is 1.84 bits per heavy atom. The summed E-state index contributed by atoms with van der Waals surface area (Å²) < 4.78 is 21.6. The van der Waals surface area contributed by atoms with Gasteiger partial charge in [0.15, 0.2) is 23.0 Å². The molecule has 0 radical (unpaired) electrons. The summed E-state index contributed by atoms with van der Waals surface area (Å²) in [6.07, 6.45) is 3.37. The molecule has 8 nitrogen and oxygen atoms in total. The number of hydrogen-bond donors (Lipinski definition) is 1. The molecule has 0 aliphatic carbocycles. The molecule has 2 heterocycles. The van der Waals surface area contributed by atoms with E-state index < -0.39 is 0 Å². The molecule has 0 saturated carbocycles. The summed E-state index contributed by atoms with van der Waals surface area (Å²) >= 11 is 0. The second-order valence-corrected chi connectivity index (χ2v) is 7.19. The number of methoxy groups -OCH3 is 2. The molecule has 2 aliphatic rings. The Balaban J connectivity index is 1.37. The van der Waals surface area contributed by atoms with Gasteiger partial charge >= 0.3 is 0 Å². The molecule has 1 unspecified atom stereocenters. The number of carbonyl (C=O) groups is 2. The van der Waals surface area contributed by atoms with E-state index in [1.807, 2.05) is 12.1 Å². The summed E-state index contributed by atoms with van der Waals surface area (Å²) in [6.45, 7) is 1.39. The fourth-order valence-corrected chi connectivity index (χ4v) is 3.63. The lowest BCUT2D eigenvalue weighted by Gasteiger charge is -2.22. The SMILES string of the molecule is COc1ccc(/C=C\C(=O)NC2CC(=O)N(c3ccc4c(c3)OCCO4)C2)cc1OC. The van der Waals surface area contributed by atoms with Crippen molar-refractivity contribution in [1.82, 2.24) is 5.32 Å². The molecule has 0 aromatic heterocycles. The van der Waals surface area contributed by atoms with Gasteiger partial charge in [0.25, 0.3) is 0 Å². The largest absolute Gasteiger partial charge is 0.493 e. The van der Waals surface area contributed by atoms with Crippen LogP contribution in [0.3, 0.4) is 0 Å². The summed E-state index contributed by atoms with van der Waals surface area (Å²) in [7, 11) is 3.13. The molecule has 2 aromatic rings. The number of hydrogen-bond acceptors (Lipinski definition) is 6. The first-order valence-electron chi connectivity index (χ1n) is 9.98. The van der Waals surface area contributed by atoms with Crippen LogP contribution in [0.15, 0.2) is 42.5 Å². The highest BCUT2D eigenvalue weighted by Crippen LogP contribution is 2.35. The summed E-state index contributed by atoms with van der Waals surface area (Å²) in [5.74, 6) is 2.19. The van der Waals surface area contributed by atoms with Crippen LogP contribution in [0.5, 0.6) is 23.0 Å². The van der Waals surface area contributed by atoms with E-state index in [0.717, 1.165) is 11.3 Å².